The van der Waals surface area contributed by atoms with Crippen molar-refractivity contribution >= 4 is 34.7 Å². The Balaban J connectivity index is 1.61. The van der Waals surface area contributed by atoms with Crippen LogP contribution in [0.1, 0.15) is 16.8 Å². The van der Waals surface area contributed by atoms with Crippen molar-refractivity contribution in [3.05, 3.63) is 65.5 Å². The summed E-state index contributed by atoms with van der Waals surface area (Å²) in [5.74, 6) is 0.100. The number of aromatic nitrogens is 2. The van der Waals surface area contributed by atoms with Gasteiger partial charge in [0.25, 0.3) is 0 Å². The van der Waals surface area contributed by atoms with Gasteiger partial charge in [-0.2, -0.15) is 0 Å². The van der Waals surface area contributed by atoms with Gasteiger partial charge in [0.05, 0.1) is 7.11 Å². The molecule has 1 amide bonds. The van der Waals surface area contributed by atoms with Crippen LogP contribution in [0.15, 0.2) is 48.7 Å². The van der Waals surface area contributed by atoms with Crippen molar-refractivity contribution in [2.45, 2.75) is 13.5 Å². The number of carbonyl (C=O) groups excluding carboxylic acids is 2. The third-order valence-corrected chi connectivity index (χ3v) is 4.64. The molecule has 0 aliphatic heterocycles. The molecule has 0 unspecified atom stereocenters. The standard InChI is InChI=1S/C22H24N4O3/c1-15-18(17-6-4-5-7-19(17)25-15)14-26(2)21(27)11-9-16-8-10-20(23-12-16)24-13-22(28)29-3/h4-12,25H,13-14H2,1-3H3,(H,23,24). The molecule has 0 spiro atoms. The number of hydrogen-bond donors (Lipinski definition) is 2. The molecule has 0 saturated heterocycles. The summed E-state index contributed by atoms with van der Waals surface area (Å²) < 4.78 is 4.57. The van der Waals surface area contributed by atoms with E-state index in [1.807, 2.05) is 31.2 Å². The van der Waals surface area contributed by atoms with E-state index in [9.17, 15) is 9.59 Å². The summed E-state index contributed by atoms with van der Waals surface area (Å²) in [5.41, 5.74) is 4.05. The molecule has 0 bridgehead atoms. The second-order valence-corrected chi connectivity index (χ2v) is 6.71. The van der Waals surface area contributed by atoms with E-state index >= 15 is 0 Å². The number of nitrogens with zero attached hydrogens (tertiary/aromatic N) is 2. The fraction of sp³-hybridized carbons (Fsp3) is 0.227. The van der Waals surface area contributed by atoms with Gasteiger partial charge in [0.2, 0.25) is 5.91 Å². The number of methoxy groups -OCH3 is 1. The van der Waals surface area contributed by atoms with Gasteiger partial charge in [-0.25, -0.2) is 4.98 Å². The average Bonchev–Trinajstić information content (AvgIpc) is 3.06. The Morgan fingerprint density at radius 3 is 2.76 bits per heavy atom. The van der Waals surface area contributed by atoms with E-state index in [2.05, 4.69) is 26.1 Å². The number of esters is 1. The molecule has 29 heavy (non-hydrogen) atoms. The molecule has 1 aromatic carbocycles. The fourth-order valence-corrected chi connectivity index (χ4v) is 2.99. The lowest BCUT2D eigenvalue weighted by Crippen LogP contribution is -2.24. The predicted octanol–water partition coefficient (Wildman–Crippen LogP) is 3.13. The summed E-state index contributed by atoms with van der Waals surface area (Å²) in [6, 6.07) is 11.6. The minimum Gasteiger partial charge on any atom is -0.468 e. The summed E-state index contributed by atoms with van der Waals surface area (Å²) in [5, 5.41) is 3.99. The lowest BCUT2D eigenvalue weighted by molar-refractivity contribution is -0.138. The maximum absolute atomic E-state index is 12.5. The highest BCUT2D eigenvalue weighted by molar-refractivity contribution is 5.92. The number of carbonyl (C=O) groups is 2. The predicted molar refractivity (Wildman–Crippen MR) is 113 cm³/mol. The number of para-hydroxylation sites is 1. The number of fused-ring (bicyclic) bond motifs is 1. The molecule has 0 fully saturated rings. The van der Waals surface area contributed by atoms with Crippen LogP contribution in [0.2, 0.25) is 0 Å². The molecule has 0 aliphatic rings. The van der Waals surface area contributed by atoms with Crippen molar-refractivity contribution in [1.82, 2.24) is 14.9 Å². The number of aromatic amines is 1. The molecule has 7 nitrogen and oxygen atoms in total. The third kappa shape index (κ3) is 5.01. The highest BCUT2D eigenvalue weighted by atomic mass is 16.5. The summed E-state index contributed by atoms with van der Waals surface area (Å²) in [6.07, 6.45) is 4.88. The van der Waals surface area contributed by atoms with Gasteiger partial charge in [-0.15, -0.1) is 0 Å². The molecule has 0 aliphatic carbocycles. The van der Waals surface area contributed by atoms with Gasteiger partial charge < -0.3 is 19.9 Å². The molecular weight excluding hydrogens is 368 g/mol. The zero-order valence-electron chi connectivity index (χ0n) is 16.7. The molecule has 2 heterocycles. The Labute approximate surface area is 169 Å². The molecule has 3 aromatic rings. The zero-order chi connectivity index (χ0) is 20.8. The molecule has 0 atom stereocenters. The van der Waals surface area contributed by atoms with Gasteiger partial charge in [-0.3, -0.25) is 9.59 Å². The molecule has 0 radical (unpaired) electrons. The highest BCUT2D eigenvalue weighted by Gasteiger charge is 2.12. The van der Waals surface area contributed by atoms with Gasteiger partial charge in [0, 0.05) is 42.5 Å². The van der Waals surface area contributed by atoms with E-state index in [4.69, 9.17) is 0 Å². The maximum Gasteiger partial charge on any atom is 0.325 e. The minimum atomic E-state index is -0.366. The number of rotatable bonds is 7. The van der Waals surface area contributed by atoms with Gasteiger partial charge in [-0.1, -0.05) is 18.2 Å². The second kappa shape index (κ2) is 9.05. The molecule has 0 saturated carbocycles. The van der Waals surface area contributed by atoms with Crippen LogP contribution in [-0.4, -0.2) is 47.4 Å². The number of H-pyrrole nitrogens is 1. The van der Waals surface area contributed by atoms with Crippen LogP contribution in [-0.2, 0) is 20.9 Å². The van der Waals surface area contributed by atoms with Crippen LogP contribution < -0.4 is 5.32 Å². The maximum atomic E-state index is 12.5. The number of aryl methyl sites for hydroxylation is 1. The number of ether oxygens (including phenoxy) is 1. The third-order valence-electron chi connectivity index (χ3n) is 4.64. The number of likely N-dealkylation sites (N-methyl/N-ethyl adjacent to an activating group) is 1. The lowest BCUT2D eigenvalue weighted by Gasteiger charge is -2.15. The van der Waals surface area contributed by atoms with Crippen molar-refractivity contribution < 1.29 is 14.3 Å². The van der Waals surface area contributed by atoms with Crippen molar-refractivity contribution in [2.24, 2.45) is 0 Å². The number of nitrogens with one attached hydrogen (secondary N) is 2. The molecular formula is C22H24N4O3. The number of benzene rings is 1. The van der Waals surface area contributed by atoms with Crippen LogP contribution >= 0.6 is 0 Å². The van der Waals surface area contributed by atoms with Gasteiger partial charge in [0.15, 0.2) is 0 Å². The fourth-order valence-electron chi connectivity index (χ4n) is 2.99. The van der Waals surface area contributed by atoms with Crippen LogP contribution in [0, 0.1) is 6.92 Å². The van der Waals surface area contributed by atoms with E-state index in [-0.39, 0.29) is 18.4 Å². The summed E-state index contributed by atoms with van der Waals surface area (Å²) in [7, 11) is 3.12. The minimum absolute atomic E-state index is 0.0508. The van der Waals surface area contributed by atoms with Gasteiger partial charge >= 0.3 is 5.97 Å². The summed E-state index contributed by atoms with van der Waals surface area (Å²) in [6.45, 7) is 2.59. The van der Waals surface area contributed by atoms with Crippen molar-refractivity contribution in [2.75, 3.05) is 26.0 Å². The second-order valence-electron chi connectivity index (χ2n) is 6.71. The smallest absolute Gasteiger partial charge is 0.325 e. The monoisotopic (exact) mass is 392 g/mol. The quantitative estimate of drug-likeness (QED) is 0.476. The Bertz CT molecular complexity index is 1040. The average molecular weight is 392 g/mol. The molecule has 2 aromatic heterocycles. The first-order valence-corrected chi connectivity index (χ1v) is 9.24. The molecule has 2 N–H and O–H groups in total. The number of pyridine rings is 1. The van der Waals surface area contributed by atoms with E-state index in [1.165, 1.54) is 13.2 Å². The Kier molecular flexibility index (Phi) is 6.29. The molecule has 150 valence electrons. The first kappa shape index (κ1) is 20.1. The highest BCUT2D eigenvalue weighted by Crippen LogP contribution is 2.23. The van der Waals surface area contributed by atoms with Crippen LogP contribution in [0.25, 0.3) is 17.0 Å². The van der Waals surface area contributed by atoms with Gasteiger partial charge in [0.1, 0.15) is 12.4 Å². The topological polar surface area (TPSA) is 87.3 Å². The number of hydrogen-bond acceptors (Lipinski definition) is 5. The van der Waals surface area contributed by atoms with E-state index in [0.717, 1.165) is 27.7 Å². The van der Waals surface area contributed by atoms with E-state index in [1.54, 1.807) is 30.3 Å². The normalized spacial score (nSPS) is 11.0. The number of amides is 1. The summed E-state index contributed by atoms with van der Waals surface area (Å²) in [4.78, 5) is 32.9. The Morgan fingerprint density at radius 2 is 2.03 bits per heavy atom. The van der Waals surface area contributed by atoms with Crippen LogP contribution in [0.3, 0.4) is 0 Å². The van der Waals surface area contributed by atoms with Gasteiger partial charge in [-0.05, 0) is 42.3 Å². The Morgan fingerprint density at radius 1 is 1.24 bits per heavy atom. The van der Waals surface area contributed by atoms with Crippen LogP contribution in [0.5, 0.6) is 0 Å². The lowest BCUT2D eigenvalue weighted by atomic mass is 10.1. The zero-order valence-corrected chi connectivity index (χ0v) is 16.7. The van der Waals surface area contributed by atoms with Crippen molar-refractivity contribution in [3.8, 4) is 0 Å². The number of anilines is 1. The van der Waals surface area contributed by atoms with E-state index < -0.39 is 0 Å². The molecule has 3 rings (SSSR count). The van der Waals surface area contributed by atoms with Crippen LogP contribution in [0.4, 0.5) is 5.82 Å². The first-order valence-electron chi connectivity index (χ1n) is 9.24. The van der Waals surface area contributed by atoms with E-state index in [0.29, 0.717) is 12.4 Å². The first-order chi connectivity index (χ1) is 14.0. The SMILES string of the molecule is COC(=O)CNc1ccc(C=CC(=O)N(C)Cc2c(C)[nH]c3ccccc23)cn1. The van der Waals surface area contributed by atoms with Crippen molar-refractivity contribution in [1.29, 1.82) is 0 Å². The Hall–Kier alpha value is -3.61. The van der Waals surface area contributed by atoms with Crippen molar-refractivity contribution in [3.63, 3.8) is 0 Å². The summed E-state index contributed by atoms with van der Waals surface area (Å²) >= 11 is 0. The largest absolute Gasteiger partial charge is 0.468 e. The molecule has 7 heteroatoms.